The third-order valence-corrected chi connectivity index (χ3v) is 3.98. The number of rotatable bonds is 4. The highest BCUT2D eigenvalue weighted by Gasteiger charge is 2.10. The molecule has 0 radical (unpaired) electrons. The van der Waals surface area contributed by atoms with Gasteiger partial charge in [-0.15, -0.1) is 24.0 Å². The van der Waals surface area contributed by atoms with Crippen molar-refractivity contribution in [2.24, 2.45) is 0 Å². The van der Waals surface area contributed by atoms with Crippen molar-refractivity contribution >= 4 is 39.9 Å². The molecule has 0 saturated carbocycles. The predicted octanol–water partition coefficient (Wildman–Crippen LogP) is 5.69. The van der Waals surface area contributed by atoms with Gasteiger partial charge in [0.15, 0.2) is 0 Å². The number of alkyl halides is 1. The minimum atomic E-state index is 0. The van der Waals surface area contributed by atoms with Gasteiger partial charge in [-0.3, -0.25) is 0 Å². The molecular formula is C13H19BrCl2. The van der Waals surface area contributed by atoms with Gasteiger partial charge >= 0.3 is 0 Å². The maximum Gasteiger partial charge on any atom is 0.0477 e. The highest BCUT2D eigenvalue weighted by molar-refractivity contribution is 9.10. The second-order valence-electron chi connectivity index (χ2n) is 3.94. The summed E-state index contributed by atoms with van der Waals surface area (Å²) in [4.78, 5) is 0. The smallest absolute Gasteiger partial charge is 0.0477 e. The van der Waals surface area contributed by atoms with Gasteiger partial charge < -0.3 is 0 Å². The van der Waals surface area contributed by atoms with Crippen LogP contribution in [0.4, 0.5) is 0 Å². The van der Waals surface area contributed by atoms with Gasteiger partial charge in [-0.2, -0.15) is 0 Å². The summed E-state index contributed by atoms with van der Waals surface area (Å²) < 4.78 is 1.21. The van der Waals surface area contributed by atoms with E-state index < -0.39 is 0 Å². The Morgan fingerprint density at radius 1 is 1.31 bits per heavy atom. The van der Waals surface area contributed by atoms with Gasteiger partial charge in [0.25, 0.3) is 0 Å². The summed E-state index contributed by atoms with van der Waals surface area (Å²) in [6.07, 6.45) is 2.20. The average Bonchev–Trinajstić information content (AvgIpc) is 2.26. The van der Waals surface area contributed by atoms with Crippen LogP contribution in [-0.4, -0.2) is 0 Å². The van der Waals surface area contributed by atoms with E-state index in [0.29, 0.717) is 11.8 Å². The molecule has 0 aliphatic rings. The number of hydrogen-bond acceptors (Lipinski definition) is 0. The highest BCUT2D eigenvalue weighted by Crippen LogP contribution is 2.29. The van der Waals surface area contributed by atoms with Gasteiger partial charge in [0.05, 0.1) is 0 Å². The first-order chi connectivity index (χ1) is 7.13. The number of hydrogen-bond donors (Lipinski definition) is 0. The van der Waals surface area contributed by atoms with E-state index in [1.165, 1.54) is 27.6 Å². The summed E-state index contributed by atoms with van der Waals surface area (Å²) in [5, 5.41) is 0. The minimum absolute atomic E-state index is 0. The van der Waals surface area contributed by atoms with E-state index >= 15 is 0 Å². The van der Waals surface area contributed by atoms with E-state index in [9.17, 15) is 0 Å². The first-order valence-corrected chi connectivity index (χ1v) is 6.83. The molecule has 0 amide bonds. The van der Waals surface area contributed by atoms with Crippen molar-refractivity contribution < 1.29 is 0 Å². The van der Waals surface area contributed by atoms with Gasteiger partial charge in [0, 0.05) is 10.4 Å². The van der Waals surface area contributed by atoms with E-state index in [0.717, 1.165) is 6.42 Å². The molecule has 0 aliphatic carbocycles. The second kappa shape index (κ2) is 7.58. The van der Waals surface area contributed by atoms with Crippen LogP contribution in [0.2, 0.25) is 0 Å². The Kier molecular flexibility index (Phi) is 7.71. The standard InChI is InChI=1S/C13H18BrCl.ClH/c1-4-9(3)10-6-11(8-15)12(5-2)13(14)7-10;/h6-7,9H,4-5,8H2,1-3H3;1H. The van der Waals surface area contributed by atoms with Gasteiger partial charge in [0.2, 0.25) is 0 Å². The highest BCUT2D eigenvalue weighted by atomic mass is 79.9. The van der Waals surface area contributed by atoms with Crippen LogP contribution in [0.15, 0.2) is 16.6 Å². The van der Waals surface area contributed by atoms with Crippen molar-refractivity contribution in [3.8, 4) is 0 Å². The first kappa shape index (κ1) is 16.3. The Labute approximate surface area is 118 Å². The average molecular weight is 326 g/mol. The third-order valence-electron chi connectivity index (χ3n) is 2.99. The van der Waals surface area contributed by atoms with Gasteiger partial charge in [0.1, 0.15) is 0 Å². The molecule has 0 heterocycles. The van der Waals surface area contributed by atoms with Crippen LogP contribution in [0.3, 0.4) is 0 Å². The van der Waals surface area contributed by atoms with Crippen LogP contribution >= 0.6 is 39.9 Å². The topological polar surface area (TPSA) is 0 Å². The van der Waals surface area contributed by atoms with Gasteiger partial charge in [-0.05, 0) is 41.5 Å². The molecule has 1 atom stereocenters. The molecule has 1 rings (SSSR count). The van der Waals surface area contributed by atoms with Crippen molar-refractivity contribution in [1.29, 1.82) is 0 Å². The summed E-state index contributed by atoms with van der Waals surface area (Å²) in [6.45, 7) is 6.64. The van der Waals surface area contributed by atoms with E-state index in [4.69, 9.17) is 11.6 Å². The Morgan fingerprint density at radius 3 is 2.38 bits per heavy atom. The van der Waals surface area contributed by atoms with Crippen molar-refractivity contribution in [2.75, 3.05) is 0 Å². The van der Waals surface area contributed by atoms with E-state index in [1.807, 2.05) is 0 Å². The zero-order valence-corrected chi connectivity index (χ0v) is 13.2. The Morgan fingerprint density at radius 2 is 1.94 bits per heavy atom. The van der Waals surface area contributed by atoms with E-state index in [2.05, 4.69) is 48.8 Å². The summed E-state index contributed by atoms with van der Waals surface area (Å²) in [7, 11) is 0. The summed E-state index contributed by atoms with van der Waals surface area (Å²) in [6, 6.07) is 4.49. The molecule has 0 fully saturated rings. The molecule has 0 saturated heterocycles. The Bertz CT molecular complexity index is 337. The number of halogens is 3. The Hall–Kier alpha value is 0.280. The lowest BCUT2D eigenvalue weighted by Crippen LogP contribution is -1.98. The normalized spacial score (nSPS) is 12.1. The van der Waals surface area contributed by atoms with Crippen LogP contribution in [0, 0.1) is 0 Å². The molecule has 1 unspecified atom stereocenters. The SMILES string of the molecule is CCc1c(Br)cc(C(C)CC)cc1CCl.Cl. The quantitative estimate of drug-likeness (QED) is 0.624. The fourth-order valence-electron chi connectivity index (χ4n) is 1.75. The molecule has 92 valence electrons. The molecule has 3 heteroatoms. The molecule has 16 heavy (non-hydrogen) atoms. The fraction of sp³-hybridized carbons (Fsp3) is 0.538. The van der Waals surface area contributed by atoms with Crippen LogP contribution in [0.25, 0.3) is 0 Å². The molecule has 0 bridgehead atoms. The van der Waals surface area contributed by atoms with E-state index in [1.54, 1.807) is 0 Å². The second-order valence-corrected chi connectivity index (χ2v) is 5.06. The summed E-state index contributed by atoms with van der Waals surface area (Å²) in [5.74, 6) is 1.21. The first-order valence-electron chi connectivity index (χ1n) is 5.51. The fourth-order valence-corrected chi connectivity index (χ4v) is 2.79. The monoisotopic (exact) mass is 324 g/mol. The predicted molar refractivity (Wildman–Crippen MR) is 79.0 cm³/mol. The maximum atomic E-state index is 5.98. The minimum Gasteiger partial charge on any atom is -0.147 e. The van der Waals surface area contributed by atoms with Gasteiger partial charge in [-0.1, -0.05) is 42.8 Å². The van der Waals surface area contributed by atoms with Crippen molar-refractivity contribution in [3.63, 3.8) is 0 Å². The molecule has 1 aromatic carbocycles. The van der Waals surface area contributed by atoms with Crippen molar-refractivity contribution in [1.82, 2.24) is 0 Å². The van der Waals surface area contributed by atoms with Crippen molar-refractivity contribution in [2.45, 2.75) is 45.4 Å². The molecule has 0 spiro atoms. The number of benzene rings is 1. The summed E-state index contributed by atoms with van der Waals surface area (Å²) >= 11 is 9.62. The van der Waals surface area contributed by atoms with Crippen LogP contribution in [-0.2, 0) is 12.3 Å². The maximum absolute atomic E-state index is 5.98. The lowest BCUT2D eigenvalue weighted by molar-refractivity contribution is 0.731. The van der Waals surface area contributed by atoms with E-state index in [-0.39, 0.29) is 12.4 Å². The van der Waals surface area contributed by atoms with Crippen LogP contribution in [0.1, 0.15) is 49.8 Å². The van der Waals surface area contributed by atoms with Crippen LogP contribution in [0.5, 0.6) is 0 Å². The molecule has 0 nitrogen and oxygen atoms in total. The van der Waals surface area contributed by atoms with Crippen molar-refractivity contribution in [3.05, 3.63) is 33.3 Å². The zero-order chi connectivity index (χ0) is 11.4. The molecule has 1 aromatic rings. The van der Waals surface area contributed by atoms with Gasteiger partial charge in [-0.25, -0.2) is 0 Å². The molecule has 0 N–H and O–H groups in total. The zero-order valence-electron chi connectivity index (χ0n) is 10.0. The summed E-state index contributed by atoms with van der Waals surface area (Å²) in [5.41, 5.74) is 4.00. The van der Waals surface area contributed by atoms with Crippen LogP contribution < -0.4 is 0 Å². The molecule has 0 aromatic heterocycles. The lowest BCUT2D eigenvalue weighted by atomic mass is 9.94. The largest absolute Gasteiger partial charge is 0.147 e. The Balaban J connectivity index is 0.00000225. The molecular weight excluding hydrogens is 307 g/mol. The third kappa shape index (κ3) is 3.65. The lowest BCUT2D eigenvalue weighted by Gasteiger charge is -2.15. The molecule has 0 aliphatic heterocycles.